The zero-order valence-corrected chi connectivity index (χ0v) is 13.2. The number of ether oxygens (including phenoxy) is 1. The fraction of sp³-hybridized carbons (Fsp3) is 0.357. The SMILES string of the molecule is COC(C)(C)CNC(=O)c1sc2cc(Cl)ccc2c1N. The smallest absolute Gasteiger partial charge is 0.263 e. The average molecular weight is 313 g/mol. The molecule has 0 radical (unpaired) electrons. The van der Waals surface area contributed by atoms with E-state index in [0.717, 1.165) is 10.1 Å². The van der Waals surface area contributed by atoms with E-state index in [9.17, 15) is 4.79 Å². The van der Waals surface area contributed by atoms with Gasteiger partial charge in [-0.25, -0.2) is 0 Å². The first-order valence-electron chi connectivity index (χ1n) is 6.15. The van der Waals surface area contributed by atoms with E-state index in [1.54, 1.807) is 13.2 Å². The molecule has 0 atom stereocenters. The van der Waals surface area contributed by atoms with Crippen LogP contribution in [0.3, 0.4) is 0 Å². The lowest BCUT2D eigenvalue weighted by Crippen LogP contribution is -2.39. The largest absolute Gasteiger partial charge is 0.397 e. The molecule has 2 aromatic rings. The summed E-state index contributed by atoms with van der Waals surface area (Å²) in [7, 11) is 1.61. The molecular weight excluding hydrogens is 296 g/mol. The van der Waals surface area contributed by atoms with Crippen molar-refractivity contribution in [2.45, 2.75) is 19.4 Å². The Morgan fingerprint density at radius 1 is 1.50 bits per heavy atom. The topological polar surface area (TPSA) is 64.3 Å². The fourth-order valence-electron chi connectivity index (χ4n) is 1.70. The summed E-state index contributed by atoms with van der Waals surface area (Å²) in [4.78, 5) is 12.7. The monoisotopic (exact) mass is 312 g/mol. The fourth-order valence-corrected chi connectivity index (χ4v) is 3.02. The molecule has 2 rings (SSSR count). The van der Waals surface area contributed by atoms with Crippen molar-refractivity contribution in [3.05, 3.63) is 28.1 Å². The second-order valence-corrected chi connectivity index (χ2v) is 6.62. The summed E-state index contributed by atoms with van der Waals surface area (Å²) in [5, 5.41) is 4.33. The summed E-state index contributed by atoms with van der Waals surface area (Å²) in [5.41, 5.74) is 6.12. The summed E-state index contributed by atoms with van der Waals surface area (Å²) in [6, 6.07) is 5.41. The Morgan fingerprint density at radius 2 is 2.20 bits per heavy atom. The van der Waals surface area contributed by atoms with Crippen molar-refractivity contribution in [2.75, 3.05) is 19.4 Å². The molecule has 0 bridgehead atoms. The van der Waals surface area contributed by atoms with E-state index in [1.807, 2.05) is 26.0 Å². The van der Waals surface area contributed by atoms with E-state index in [2.05, 4.69) is 5.32 Å². The first-order valence-corrected chi connectivity index (χ1v) is 7.34. The van der Waals surface area contributed by atoms with Crippen molar-refractivity contribution in [3.8, 4) is 0 Å². The van der Waals surface area contributed by atoms with Crippen LogP contribution >= 0.6 is 22.9 Å². The molecule has 20 heavy (non-hydrogen) atoms. The molecule has 0 fully saturated rings. The summed E-state index contributed by atoms with van der Waals surface area (Å²) >= 11 is 7.29. The lowest BCUT2D eigenvalue weighted by molar-refractivity contribution is 0.0229. The van der Waals surface area contributed by atoms with Crippen molar-refractivity contribution in [2.24, 2.45) is 0 Å². The average Bonchev–Trinajstić information content (AvgIpc) is 2.73. The zero-order chi connectivity index (χ0) is 14.9. The molecule has 0 saturated heterocycles. The third kappa shape index (κ3) is 3.06. The molecule has 0 unspecified atom stereocenters. The number of nitrogen functional groups attached to an aromatic ring is 1. The first-order chi connectivity index (χ1) is 9.34. The first kappa shape index (κ1) is 15.1. The van der Waals surface area contributed by atoms with Gasteiger partial charge in [0.15, 0.2) is 0 Å². The van der Waals surface area contributed by atoms with Crippen LogP contribution in [0.1, 0.15) is 23.5 Å². The minimum atomic E-state index is -0.412. The molecule has 0 aliphatic heterocycles. The van der Waals surface area contributed by atoms with Crippen LogP contribution in [0, 0.1) is 0 Å². The number of amides is 1. The molecule has 6 heteroatoms. The zero-order valence-electron chi connectivity index (χ0n) is 11.6. The van der Waals surface area contributed by atoms with Crippen molar-refractivity contribution < 1.29 is 9.53 Å². The number of rotatable bonds is 4. The van der Waals surface area contributed by atoms with Crippen molar-refractivity contribution in [1.82, 2.24) is 5.32 Å². The molecule has 1 aromatic heterocycles. The van der Waals surface area contributed by atoms with Crippen molar-refractivity contribution in [1.29, 1.82) is 0 Å². The lowest BCUT2D eigenvalue weighted by atomic mass is 10.1. The van der Waals surface area contributed by atoms with Crippen LogP contribution in [-0.2, 0) is 4.74 Å². The Hall–Kier alpha value is -1.30. The highest BCUT2D eigenvalue weighted by Gasteiger charge is 2.21. The summed E-state index contributed by atoms with van der Waals surface area (Å²) in [6.07, 6.45) is 0. The molecule has 1 aromatic carbocycles. The normalized spacial score (nSPS) is 11.8. The molecule has 0 spiro atoms. The van der Waals surface area contributed by atoms with Gasteiger partial charge >= 0.3 is 0 Å². The van der Waals surface area contributed by atoms with Crippen LogP contribution in [0.25, 0.3) is 10.1 Å². The van der Waals surface area contributed by atoms with Crippen LogP contribution in [-0.4, -0.2) is 25.2 Å². The molecule has 1 amide bonds. The van der Waals surface area contributed by atoms with Gasteiger partial charge in [0.05, 0.1) is 11.3 Å². The number of hydrogen-bond acceptors (Lipinski definition) is 4. The van der Waals surface area contributed by atoms with Gasteiger partial charge in [-0.1, -0.05) is 11.6 Å². The number of hydrogen-bond donors (Lipinski definition) is 2. The van der Waals surface area contributed by atoms with Gasteiger partial charge in [-0.3, -0.25) is 4.79 Å². The van der Waals surface area contributed by atoms with Crippen LogP contribution in [0.5, 0.6) is 0 Å². The molecule has 3 N–H and O–H groups in total. The van der Waals surface area contributed by atoms with Crippen LogP contribution in [0.15, 0.2) is 18.2 Å². The predicted octanol–water partition coefficient (Wildman–Crippen LogP) is 3.29. The highest BCUT2D eigenvalue weighted by atomic mass is 35.5. The quantitative estimate of drug-likeness (QED) is 0.910. The molecule has 0 aliphatic rings. The Morgan fingerprint density at radius 3 is 2.85 bits per heavy atom. The van der Waals surface area contributed by atoms with Gasteiger partial charge in [-0.05, 0) is 32.0 Å². The summed E-state index contributed by atoms with van der Waals surface area (Å²) in [6.45, 7) is 4.22. The third-order valence-corrected chi connectivity index (χ3v) is 4.53. The number of anilines is 1. The Labute approximate surface area is 126 Å². The number of carbonyl (C=O) groups is 1. The van der Waals surface area contributed by atoms with Crippen molar-refractivity contribution in [3.63, 3.8) is 0 Å². The minimum Gasteiger partial charge on any atom is -0.397 e. The summed E-state index contributed by atoms with van der Waals surface area (Å²) < 4.78 is 6.18. The van der Waals surface area contributed by atoms with E-state index in [0.29, 0.717) is 22.1 Å². The van der Waals surface area contributed by atoms with Crippen LogP contribution in [0.2, 0.25) is 5.02 Å². The maximum Gasteiger partial charge on any atom is 0.263 e. The molecule has 4 nitrogen and oxygen atoms in total. The Kier molecular flexibility index (Phi) is 4.22. The maximum atomic E-state index is 12.2. The number of methoxy groups -OCH3 is 1. The molecular formula is C14H17ClN2O2S. The molecule has 0 saturated carbocycles. The number of thiophene rings is 1. The maximum absolute atomic E-state index is 12.2. The second-order valence-electron chi connectivity index (χ2n) is 5.13. The predicted molar refractivity (Wildman–Crippen MR) is 84.7 cm³/mol. The Balaban J connectivity index is 2.24. The van der Waals surface area contributed by atoms with Crippen LogP contribution in [0.4, 0.5) is 5.69 Å². The van der Waals surface area contributed by atoms with Crippen molar-refractivity contribution >= 4 is 44.6 Å². The summed E-state index contributed by atoms with van der Waals surface area (Å²) in [5.74, 6) is -0.190. The van der Waals surface area contributed by atoms with Gasteiger partial charge in [-0.15, -0.1) is 11.3 Å². The number of benzene rings is 1. The molecule has 108 valence electrons. The van der Waals surface area contributed by atoms with E-state index in [-0.39, 0.29) is 5.91 Å². The number of halogens is 1. The van der Waals surface area contributed by atoms with Gasteiger partial charge in [-0.2, -0.15) is 0 Å². The van der Waals surface area contributed by atoms with Gasteiger partial charge in [0.25, 0.3) is 5.91 Å². The number of nitrogens with one attached hydrogen (secondary N) is 1. The second kappa shape index (κ2) is 5.60. The number of carbonyl (C=O) groups excluding carboxylic acids is 1. The minimum absolute atomic E-state index is 0.190. The van der Waals surface area contributed by atoms with Crippen LogP contribution < -0.4 is 11.1 Å². The van der Waals surface area contributed by atoms with Gasteiger partial charge in [0, 0.05) is 28.8 Å². The van der Waals surface area contributed by atoms with Gasteiger partial charge in [0.1, 0.15) is 4.88 Å². The van der Waals surface area contributed by atoms with E-state index in [1.165, 1.54) is 11.3 Å². The number of nitrogens with two attached hydrogens (primary N) is 1. The number of fused-ring (bicyclic) bond motifs is 1. The van der Waals surface area contributed by atoms with E-state index < -0.39 is 5.60 Å². The highest BCUT2D eigenvalue weighted by Crippen LogP contribution is 2.35. The highest BCUT2D eigenvalue weighted by molar-refractivity contribution is 7.21. The van der Waals surface area contributed by atoms with Gasteiger partial charge < -0.3 is 15.8 Å². The molecule has 0 aliphatic carbocycles. The lowest BCUT2D eigenvalue weighted by Gasteiger charge is -2.22. The standard InChI is InChI=1S/C14H17ClN2O2S/c1-14(2,19-3)7-17-13(18)12-11(16)9-5-4-8(15)6-10(9)20-12/h4-6H,7,16H2,1-3H3,(H,17,18). The Bertz CT molecular complexity index is 652. The van der Waals surface area contributed by atoms with E-state index in [4.69, 9.17) is 22.1 Å². The van der Waals surface area contributed by atoms with Gasteiger partial charge in [0.2, 0.25) is 0 Å². The third-order valence-electron chi connectivity index (χ3n) is 3.12. The molecule has 1 heterocycles. The van der Waals surface area contributed by atoms with E-state index >= 15 is 0 Å².